The van der Waals surface area contributed by atoms with Gasteiger partial charge in [-0.1, -0.05) is 22.0 Å². The Morgan fingerprint density at radius 2 is 1.43 bits per heavy atom. The van der Waals surface area contributed by atoms with Gasteiger partial charge in [-0.15, -0.1) is 0 Å². The van der Waals surface area contributed by atoms with E-state index < -0.39 is 0 Å². The van der Waals surface area contributed by atoms with Crippen molar-refractivity contribution in [3.05, 3.63) is 52.0 Å². The molecule has 2 rings (SSSR count). The summed E-state index contributed by atoms with van der Waals surface area (Å²) in [6.07, 6.45) is 0. The summed E-state index contributed by atoms with van der Waals surface area (Å²) in [6.45, 7) is 0. The van der Waals surface area contributed by atoms with E-state index in [2.05, 4.69) is 15.9 Å². The molecule has 0 saturated carbocycles. The third-order valence-electron chi connectivity index (χ3n) is 3.31. The Bertz CT molecular complexity index is 631. The van der Waals surface area contributed by atoms with Crippen LogP contribution in [-0.4, -0.2) is 21.3 Å². The van der Waals surface area contributed by atoms with E-state index in [4.69, 9.17) is 19.9 Å². The van der Waals surface area contributed by atoms with Crippen molar-refractivity contribution < 1.29 is 14.2 Å². The van der Waals surface area contributed by atoms with Crippen molar-refractivity contribution in [2.45, 2.75) is 6.04 Å². The van der Waals surface area contributed by atoms with E-state index in [0.29, 0.717) is 5.75 Å². The van der Waals surface area contributed by atoms with E-state index in [1.165, 1.54) is 0 Å². The van der Waals surface area contributed by atoms with Crippen molar-refractivity contribution in [2.24, 2.45) is 5.73 Å². The number of nitrogens with two attached hydrogens (primary N) is 1. The van der Waals surface area contributed by atoms with Gasteiger partial charge in [-0.3, -0.25) is 0 Å². The van der Waals surface area contributed by atoms with Gasteiger partial charge >= 0.3 is 0 Å². The molecule has 2 aromatic rings. The fraction of sp³-hybridized carbons (Fsp3) is 0.250. The average Bonchev–Trinajstić information content (AvgIpc) is 2.53. The summed E-state index contributed by atoms with van der Waals surface area (Å²) in [5.41, 5.74) is 8.16. The summed E-state index contributed by atoms with van der Waals surface area (Å²) in [7, 11) is 4.86. The van der Waals surface area contributed by atoms with Gasteiger partial charge in [-0.05, 0) is 24.3 Å². The van der Waals surface area contributed by atoms with Gasteiger partial charge in [0.1, 0.15) is 17.2 Å². The van der Waals surface area contributed by atoms with Crippen molar-refractivity contribution >= 4 is 15.9 Å². The minimum Gasteiger partial charge on any atom is -0.497 e. The van der Waals surface area contributed by atoms with Crippen LogP contribution in [0.1, 0.15) is 17.2 Å². The predicted octanol–water partition coefficient (Wildman–Crippen LogP) is 3.52. The fourth-order valence-electron chi connectivity index (χ4n) is 2.18. The van der Waals surface area contributed by atoms with Crippen molar-refractivity contribution in [3.8, 4) is 17.2 Å². The third-order valence-corrected chi connectivity index (χ3v) is 3.80. The number of methoxy groups -OCH3 is 3. The molecule has 0 saturated heterocycles. The maximum absolute atomic E-state index is 6.39. The van der Waals surface area contributed by atoms with Crippen molar-refractivity contribution in [2.75, 3.05) is 21.3 Å². The first-order valence-electron chi connectivity index (χ1n) is 6.41. The van der Waals surface area contributed by atoms with Crippen molar-refractivity contribution in [1.82, 2.24) is 0 Å². The normalized spacial score (nSPS) is 11.9. The summed E-state index contributed by atoms with van der Waals surface area (Å²) >= 11 is 3.43. The van der Waals surface area contributed by atoms with E-state index in [-0.39, 0.29) is 6.04 Å². The van der Waals surface area contributed by atoms with Crippen LogP contribution < -0.4 is 19.9 Å². The second-order valence-corrected chi connectivity index (χ2v) is 5.39. The number of benzene rings is 2. The van der Waals surface area contributed by atoms with Crippen LogP contribution in [0, 0.1) is 0 Å². The molecule has 0 amide bonds. The molecule has 21 heavy (non-hydrogen) atoms. The Hall–Kier alpha value is -1.72. The topological polar surface area (TPSA) is 53.7 Å². The van der Waals surface area contributed by atoms with E-state index in [1.807, 2.05) is 36.4 Å². The molecule has 0 aliphatic carbocycles. The number of halogens is 1. The summed E-state index contributed by atoms with van der Waals surface area (Å²) in [6, 6.07) is 11.0. The van der Waals surface area contributed by atoms with Crippen LogP contribution in [0.4, 0.5) is 0 Å². The molecular formula is C16H18BrNO3. The van der Waals surface area contributed by atoms with Crippen LogP contribution in [0.3, 0.4) is 0 Å². The van der Waals surface area contributed by atoms with Gasteiger partial charge < -0.3 is 19.9 Å². The van der Waals surface area contributed by atoms with Gasteiger partial charge in [0.05, 0.1) is 27.4 Å². The van der Waals surface area contributed by atoms with Gasteiger partial charge in [0.25, 0.3) is 0 Å². The average molecular weight is 352 g/mol. The summed E-state index contributed by atoms with van der Waals surface area (Å²) in [5, 5.41) is 0. The molecule has 0 heterocycles. The zero-order chi connectivity index (χ0) is 15.4. The lowest BCUT2D eigenvalue weighted by Gasteiger charge is -2.19. The quantitative estimate of drug-likeness (QED) is 0.895. The minimum absolute atomic E-state index is 0.353. The zero-order valence-electron chi connectivity index (χ0n) is 12.2. The highest BCUT2D eigenvalue weighted by Gasteiger charge is 2.18. The smallest absolute Gasteiger partial charge is 0.127 e. The lowest BCUT2D eigenvalue weighted by Crippen LogP contribution is -2.14. The second-order valence-electron chi connectivity index (χ2n) is 4.47. The van der Waals surface area contributed by atoms with Crippen LogP contribution in [0.25, 0.3) is 0 Å². The monoisotopic (exact) mass is 351 g/mol. The van der Waals surface area contributed by atoms with Crippen LogP contribution in [0.15, 0.2) is 40.9 Å². The molecule has 5 heteroatoms. The molecule has 1 atom stereocenters. The number of hydrogen-bond acceptors (Lipinski definition) is 4. The third kappa shape index (κ3) is 3.31. The molecule has 112 valence electrons. The standard InChI is InChI=1S/C16H18BrNO3/c1-19-11-5-7-13(15(9-11)21-3)16(18)12-6-4-10(17)8-14(12)20-2/h4-9,16H,18H2,1-3H3. The van der Waals surface area contributed by atoms with Crippen LogP contribution in [-0.2, 0) is 0 Å². The number of ether oxygens (including phenoxy) is 3. The molecule has 0 radical (unpaired) electrons. The molecule has 0 aliphatic heterocycles. The zero-order valence-corrected chi connectivity index (χ0v) is 13.8. The Morgan fingerprint density at radius 3 is 2.00 bits per heavy atom. The number of hydrogen-bond donors (Lipinski definition) is 1. The predicted molar refractivity (Wildman–Crippen MR) is 86.3 cm³/mol. The molecule has 2 N–H and O–H groups in total. The maximum Gasteiger partial charge on any atom is 0.127 e. The Kier molecular flexibility index (Phi) is 5.09. The highest BCUT2D eigenvalue weighted by Crippen LogP contribution is 2.36. The van der Waals surface area contributed by atoms with E-state index >= 15 is 0 Å². The molecule has 0 aliphatic rings. The molecule has 1 unspecified atom stereocenters. The highest BCUT2D eigenvalue weighted by molar-refractivity contribution is 9.10. The van der Waals surface area contributed by atoms with E-state index in [0.717, 1.165) is 27.1 Å². The van der Waals surface area contributed by atoms with Gasteiger partial charge in [-0.25, -0.2) is 0 Å². The molecular weight excluding hydrogens is 334 g/mol. The maximum atomic E-state index is 6.39. The summed E-state index contributed by atoms with van der Waals surface area (Å²) < 4.78 is 17.0. The largest absolute Gasteiger partial charge is 0.497 e. The first kappa shape index (κ1) is 15.7. The molecule has 0 spiro atoms. The lowest BCUT2D eigenvalue weighted by atomic mass is 9.97. The van der Waals surface area contributed by atoms with E-state index in [9.17, 15) is 0 Å². The Labute approximate surface area is 132 Å². The lowest BCUT2D eigenvalue weighted by molar-refractivity contribution is 0.388. The minimum atomic E-state index is -0.353. The van der Waals surface area contributed by atoms with Gasteiger partial charge in [0, 0.05) is 21.7 Å². The van der Waals surface area contributed by atoms with Crippen LogP contribution in [0.5, 0.6) is 17.2 Å². The SMILES string of the molecule is COc1ccc(C(N)c2ccc(Br)cc2OC)c(OC)c1. The highest BCUT2D eigenvalue weighted by atomic mass is 79.9. The van der Waals surface area contributed by atoms with Gasteiger partial charge in [-0.2, -0.15) is 0 Å². The summed E-state index contributed by atoms with van der Waals surface area (Å²) in [5.74, 6) is 2.15. The van der Waals surface area contributed by atoms with Gasteiger partial charge in [0.15, 0.2) is 0 Å². The van der Waals surface area contributed by atoms with Crippen molar-refractivity contribution in [1.29, 1.82) is 0 Å². The molecule has 0 aromatic heterocycles. The number of rotatable bonds is 5. The molecule has 0 bridgehead atoms. The van der Waals surface area contributed by atoms with E-state index in [1.54, 1.807) is 21.3 Å². The molecule has 0 fully saturated rings. The van der Waals surface area contributed by atoms with Crippen LogP contribution >= 0.6 is 15.9 Å². The molecule has 2 aromatic carbocycles. The Balaban J connectivity index is 2.46. The summed E-state index contributed by atoms with van der Waals surface area (Å²) in [4.78, 5) is 0. The Morgan fingerprint density at radius 1 is 0.857 bits per heavy atom. The first-order chi connectivity index (χ1) is 10.1. The van der Waals surface area contributed by atoms with Crippen molar-refractivity contribution in [3.63, 3.8) is 0 Å². The van der Waals surface area contributed by atoms with Gasteiger partial charge in [0.2, 0.25) is 0 Å². The second kappa shape index (κ2) is 6.83. The van der Waals surface area contributed by atoms with Crippen LogP contribution in [0.2, 0.25) is 0 Å². The first-order valence-corrected chi connectivity index (χ1v) is 7.21. The molecule has 4 nitrogen and oxygen atoms in total. The fourth-order valence-corrected chi connectivity index (χ4v) is 2.52.